The van der Waals surface area contributed by atoms with Crippen molar-refractivity contribution in [2.75, 3.05) is 18.1 Å². The molecule has 1 unspecified atom stereocenters. The van der Waals surface area contributed by atoms with E-state index in [-0.39, 0.29) is 18.1 Å². The summed E-state index contributed by atoms with van der Waals surface area (Å²) in [5, 5.41) is 11.5. The highest BCUT2D eigenvalue weighted by molar-refractivity contribution is 7.84. The third-order valence-corrected chi connectivity index (χ3v) is 3.64. The van der Waals surface area contributed by atoms with Gasteiger partial charge in [-0.05, 0) is 12.1 Å². The first-order chi connectivity index (χ1) is 8.54. The van der Waals surface area contributed by atoms with Crippen LogP contribution in [-0.2, 0) is 22.1 Å². The van der Waals surface area contributed by atoms with Crippen molar-refractivity contribution in [3.8, 4) is 0 Å². The van der Waals surface area contributed by atoms with Crippen molar-refractivity contribution < 1.29 is 18.9 Å². The summed E-state index contributed by atoms with van der Waals surface area (Å²) in [7, 11) is -0.909. The Balaban J connectivity index is 2.42. The summed E-state index contributed by atoms with van der Waals surface area (Å²) in [6.45, 7) is 2.10. The predicted molar refractivity (Wildman–Crippen MR) is 68.0 cm³/mol. The van der Waals surface area contributed by atoms with Gasteiger partial charge in [-0.1, -0.05) is 6.92 Å². The van der Waals surface area contributed by atoms with Gasteiger partial charge in [0.15, 0.2) is 0 Å². The first-order valence-corrected chi connectivity index (χ1v) is 7.03. The molecule has 1 heterocycles. The quantitative estimate of drug-likeness (QED) is 0.735. The van der Waals surface area contributed by atoms with Gasteiger partial charge >= 0.3 is 5.97 Å². The van der Waals surface area contributed by atoms with Crippen LogP contribution in [0.4, 0.5) is 0 Å². The van der Waals surface area contributed by atoms with Gasteiger partial charge in [-0.2, -0.15) is 0 Å². The highest BCUT2D eigenvalue weighted by Crippen LogP contribution is 2.01. The van der Waals surface area contributed by atoms with Gasteiger partial charge in [0, 0.05) is 35.0 Å². The first kappa shape index (κ1) is 14.4. The fourth-order valence-electron chi connectivity index (χ4n) is 1.41. The Morgan fingerprint density at radius 3 is 2.83 bits per heavy atom. The molecule has 0 aliphatic carbocycles. The monoisotopic (exact) mass is 272 g/mol. The van der Waals surface area contributed by atoms with Gasteiger partial charge in [0.1, 0.15) is 12.2 Å². The van der Waals surface area contributed by atoms with E-state index in [0.717, 1.165) is 0 Å². The number of rotatable bonds is 7. The lowest BCUT2D eigenvalue weighted by Crippen LogP contribution is -2.31. The molecule has 0 radical (unpaired) electrons. The molecule has 0 spiro atoms. The number of carbonyl (C=O) groups is 2. The van der Waals surface area contributed by atoms with E-state index in [1.807, 2.05) is 6.92 Å². The molecule has 0 saturated carbocycles. The largest absolute Gasteiger partial charge is 0.477 e. The number of carboxylic acids is 1. The minimum atomic E-state index is -1.07. The van der Waals surface area contributed by atoms with Crippen LogP contribution in [0.3, 0.4) is 0 Å². The molecule has 1 rings (SSSR count). The summed E-state index contributed by atoms with van der Waals surface area (Å²) in [5.41, 5.74) is 0.0716. The fraction of sp³-hybridized carbons (Fsp3) is 0.455. The van der Waals surface area contributed by atoms with E-state index >= 15 is 0 Å². The average Bonchev–Trinajstić information content (AvgIpc) is 2.76. The molecule has 7 heteroatoms. The predicted octanol–water partition coefficient (Wildman–Crippen LogP) is 0.0711. The first-order valence-electron chi connectivity index (χ1n) is 5.54. The highest BCUT2D eigenvalue weighted by Gasteiger charge is 2.11. The molecule has 1 amide bonds. The van der Waals surface area contributed by atoms with E-state index in [1.165, 1.54) is 16.8 Å². The molecule has 1 atom stereocenters. The molecule has 0 aliphatic rings. The van der Waals surface area contributed by atoms with Crippen molar-refractivity contribution in [1.82, 2.24) is 9.88 Å². The van der Waals surface area contributed by atoms with Crippen molar-refractivity contribution in [1.29, 1.82) is 0 Å². The van der Waals surface area contributed by atoms with Crippen molar-refractivity contribution in [3.05, 3.63) is 24.0 Å². The lowest BCUT2D eigenvalue weighted by molar-refractivity contribution is -0.121. The topological polar surface area (TPSA) is 88.4 Å². The Labute approximate surface area is 107 Å². The number of hydrogen-bond donors (Lipinski definition) is 2. The molecular formula is C11H16N2O4S. The van der Waals surface area contributed by atoms with Crippen LogP contribution in [0.25, 0.3) is 0 Å². The standard InChI is InChI=1S/C11H16N2O4S/c1-2-18(17)7-5-12-10(14)8-13-6-3-4-9(13)11(15)16/h3-4,6H,2,5,7-8H2,1H3,(H,12,14)(H,15,16). The van der Waals surface area contributed by atoms with E-state index in [0.29, 0.717) is 18.1 Å². The van der Waals surface area contributed by atoms with E-state index in [9.17, 15) is 13.8 Å². The number of hydrogen-bond acceptors (Lipinski definition) is 3. The van der Waals surface area contributed by atoms with Gasteiger partial charge in [0.2, 0.25) is 5.91 Å². The molecule has 1 aromatic rings. The molecule has 6 nitrogen and oxygen atoms in total. The summed E-state index contributed by atoms with van der Waals surface area (Å²) >= 11 is 0. The summed E-state index contributed by atoms with van der Waals surface area (Å²) in [6.07, 6.45) is 1.53. The van der Waals surface area contributed by atoms with Crippen LogP contribution in [0.5, 0.6) is 0 Å². The molecule has 100 valence electrons. The number of aromatic carboxylic acids is 1. The third kappa shape index (κ3) is 4.33. The number of carbonyl (C=O) groups excluding carboxylic acids is 1. The third-order valence-electron chi connectivity index (χ3n) is 2.34. The minimum absolute atomic E-state index is 0.0482. The van der Waals surface area contributed by atoms with Gasteiger partial charge in [-0.3, -0.25) is 9.00 Å². The summed E-state index contributed by atoms with van der Waals surface area (Å²) in [4.78, 5) is 22.3. The fourth-order valence-corrected chi connectivity index (χ4v) is 2.02. The van der Waals surface area contributed by atoms with E-state index in [4.69, 9.17) is 5.11 Å². The Morgan fingerprint density at radius 1 is 1.50 bits per heavy atom. The van der Waals surface area contributed by atoms with Crippen LogP contribution in [0, 0.1) is 0 Å². The zero-order valence-corrected chi connectivity index (χ0v) is 10.9. The SMILES string of the molecule is CCS(=O)CCNC(=O)Cn1cccc1C(=O)O. The Bertz CT molecular complexity index is 456. The zero-order chi connectivity index (χ0) is 13.5. The molecule has 0 fully saturated rings. The van der Waals surface area contributed by atoms with Crippen LogP contribution in [0.2, 0.25) is 0 Å². The lowest BCUT2D eigenvalue weighted by Gasteiger charge is -2.07. The zero-order valence-electron chi connectivity index (χ0n) is 10.1. The Morgan fingerprint density at radius 2 is 2.22 bits per heavy atom. The maximum absolute atomic E-state index is 11.5. The number of nitrogens with zero attached hydrogens (tertiary/aromatic N) is 1. The number of amides is 1. The molecular weight excluding hydrogens is 256 g/mol. The maximum Gasteiger partial charge on any atom is 0.352 e. The van der Waals surface area contributed by atoms with Crippen LogP contribution in [-0.4, -0.2) is 43.8 Å². The van der Waals surface area contributed by atoms with Gasteiger partial charge in [-0.25, -0.2) is 4.79 Å². The highest BCUT2D eigenvalue weighted by atomic mass is 32.2. The van der Waals surface area contributed by atoms with Crippen molar-refractivity contribution in [2.45, 2.75) is 13.5 Å². The second-order valence-corrected chi connectivity index (χ2v) is 5.47. The van der Waals surface area contributed by atoms with Crippen LogP contribution < -0.4 is 5.32 Å². The number of nitrogens with one attached hydrogen (secondary N) is 1. The van der Waals surface area contributed by atoms with Crippen molar-refractivity contribution in [3.63, 3.8) is 0 Å². The second kappa shape index (κ2) is 6.95. The van der Waals surface area contributed by atoms with Gasteiger partial charge in [0.05, 0.1) is 0 Å². The van der Waals surface area contributed by atoms with Crippen LogP contribution in [0.1, 0.15) is 17.4 Å². The molecule has 0 bridgehead atoms. The molecule has 0 saturated heterocycles. The number of carboxylic acid groups (broad SMARTS) is 1. The van der Waals surface area contributed by atoms with Crippen molar-refractivity contribution >= 4 is 22.7 Å². The summed E-state index contributed by atoms with van der Waals surface area (Å²) < 4.78 is 12.5. The maximum atomic E-state index is 11.5. The molecule has 18 heavy (non-hydrogen) atoms. The Hall–Kier alpha value is -1.63. The van der Waals surface area contributed by atoms with Gasteiger partial charge in [0.25, 0.3) is 0 Å². The minimum Gasteiger partial charge on any atom is -0.477 e. The lowest BCUT2D eigenvalue weighted by atomic mass is 10.4. The molecule has 0 aromatic carbocycles. The molecule has 1 aromatic heterocycles. The van der Waals surface area contributed by atoms with Crippen LogP contribution >= 0.6 is 0 Å². The van der Waals surface area contributed by atoms with E-state index < -0.39 is 16.8 Å². The normalized spacial score (nSPS) is 12.1. The summed E-state index contributed by atoms with van der Waals surface area (Å²) in [6, 6.07) is 3.00. The van der Waals surface area contributed by atoms with E-state index in [2.05, 4.69) is 5.32 Å². The second-order valence-electron chi connectivity index (χ2n) is 3.61. The van der Waals surface area contributed by atoms with Crippen LogP contribution in [0.15, 0.2) is 18.3 Å². The van der Waals surface area contributed by atoms with E-state index in [1.54, 1.807) is 6.07 Å². The Kier molecular flexibility index (Phi) is 5.57. The average molecular weight is 272 g/mol. The molecule has 0 aliphatic heterocycles. The summed E-state index contributed by atoms with van der Waals surface area (Å²) in [5.74, 6) is -0.377. The number of aromatic nitrogens is 1. The van der Waals surface area contributed by atoms with Gasteiger partial charge < -0.3 is 15.0 Å². The van der Waals surface area contributed by atoms with Gasteiger partial charge in [-0.15, -0.1) is 0 Å². The van der Waals surface area contributed by atoms with Crippen molar-refractivity contribution in [2.24, 2.45) is 0 Å². The molecule has 2 N–H and O–H groups in total. The smallest absolute Gasteiger partial charge is 0.352 e.